The Morgan fingerprint density at radius 1 is 1.08 bits per heavy atom. The predicted molar refractivity (Wildman–Crippen MR) is 95.8 cm³/mol. The molecule has 1 aliphatic rings. The first-order chi connectivity index (χ1) is 11.8. The van der Waals surface area contributed by atoms with Gasteiger partial charge in [0.15, 0.2) is 0 Å². The van der Waals surface area contributed by atoms with Crippen molar-refractivity contribution in [3.8, 4) is 11.3 Å². The second-order valence-electron chi connectivity index (χ2n) is 6.34. The molecule has 1 fully saturated rings. The fourth-order valence-corrected chi connectivity index (χ4v) is 3.15. The van der Waals surface area contributed by atoms with Gasteiger partial charge in [-0.3, -0.25) is 4.99 Å². The average Bonchev–Trinajstić information content (AvgIpc) is 3.14. The molecule has 2 aromatic carbocycles. The zero-order valence-corrected chi connectivity index (χ0v) is 13.9. The Kier molecular flexibility index (Phi) is 4.18. The van der Waals surface area contributed by atoms with Gasteiger partial charge in [-0.25, -0.2) is 0 Å². The van der Waals surface area contributed by atoms with Gasteiger partial charge in [0.2, 0.25) is 0 Å². The summed E-state index contributed by atoms with van der Waals surface area (Å²) in [6, 6.07) is 18.5. The fraction of sp³-hybridized carbons (Fsp3) is 0.286. The van der Waals surface area contributed by atoms with E-state index in [0.29, 0.717) is 6.54 Å². The number of aryl methyl sites for hydroxylation is 1. The first-order valence-electron chi connectivity index (χ1n) is 8.52. The highest BCUT2D eigenvalue weighted by Gasteiger charge is 2.14. The molecule has 1 saturated heterocycles. The van der Waals surface area contributed by atoms with Crippen LogP contribution in [0.4, 0.5) is 0 Å². The van der Waals surface area contributed by atoms with E-state index in [2.05, 4.69) is 31.2 Å². The molecule has 0 radical (unpaired) electrons. The summed E-state index contributed by atoms with van der Waals surface area (Å²) in [5.41, 5.74) is 3.14. The molecule has 3 aromatic rings. The van der Waals surface area contributed by atoms with Crippen molar-refractivity contribution in [1.29, 1.82) is 0 Å². The highest BCUT2D eigenvalue weighted by Crippen LogP contribution is 2.22. The smallest absolute Gasteiger partial charge is 0.136 e. The van der Waals surface area contributed by atoms with Crippen molar-refractivity contribution in [3.63, 3.8) is 0 Å². The molecular weight excluding hydrogens is 298 g/mol. The molecule has 0 aliphatic carbocycles. The van der Waals surface area contributed by atoms with Gasteiger partial charge < -0.3 is 9.15 Å². The quantitative estimate of drug-likeness (QED) is 0.713. The number of ether oxygens (including phenoxy) is 1. The third-order valence-electron chi connectivity index (χ3n) is 4.45. The van der Waals surface area contributed by atoms with E-state index in [4.69, 9.17) is 14.1 Å². The van der Waals surface area contributed by atoms with Crippen LogP contribution in [0, 0.1) is 6.92 Å². The molecule has 1 atom stereocenters. The molecule has 0 N–H and O–H groups in total. The van der Waals surface area contributed by atoms with Gasteiger partial charge in [0.05, 0.1) is 18.0 Å². The fourth-order valence-electron chi connectivity index (χ4n) is 3.15. The molecule has 0 amide bonds. The summed E-state index contributed by atoms with van der Waals surface area (Å²) in [6.07, 6.45) is 2.49. The summed E-state index contributed by atoms with van der Waals surface area (Å²) in [6.45, 7) is 3.66. The molecule has 24 heavy (non-hydrogen) atoms. The van der Waals surface area contributed by atoms with Crippen LogP contribution in [-0.2, 0) is 4.74 Å². The van der Waals surface area contributed by atoms with Crippen LogP contribution in [-0.4, -0.2) is 19.3 Å². The number of fused-ring (bicyclic) bond motifs is 1. The van der Waals surface area contributed by atoms with Crippen molar-refractivity contribution in [2.45, 2.75) is 25.9 Å². The van der Waals surface area contributed by atoms with Crippen molar-refractivity contribution in [3.05, 3.63) is 65.5 Å². The Hall–Kier alpha value is -2.39. The molecule has 0 spiro atoms. The predicted octanol–water partition coefficient (Wildman–Crippen LogP) is 4.49. The van der Waals surface area contributed by atoms with Gasteiger partial charge in [-0.15, -0.1) is 0 Å². The van der Waals surface area contributed by atoms with Crippen molar-refractivity contribution >= 4 is 11.0 Å². The Labute approximate surface area is 141 Å². The zero-order valence-electron chi connectivity index (χ0n) is 13.9. The zero-order chi connectivity index (χ0) is 16.4. The number of benzene rings is 2. The highest BCUT2D eigenvalue weighted by molar-refractivity contribution is 5.79. The number of rotatable bonds is 3. The third-order valence-corrected chi connectivity index (χ3v) is 4.45. The van der Waals surface area contributed by atoms with E-state index in [1.165, 1.54) is 5.56 Å². The van der Waals surface area contributed by atoms with Gasteiger partial charge in [0.25, 0.3) is 0 Å². The van der Waals surface area contributed by atoms with Crippen molar-refractivity contribution in [2.24, 2.45) is 4.99 Å². The summed E-state index contributed by atoms with van der Waals surface area (Å²) in [7, 11) is 0. The van der Waals surface area contributed by atoms with Gasteiger partial charge in [-0.05, 0) is 31.9 Å². The molecule has 4 rings (SSSR count). The summed E-state index contributed by atoms with van der Waals surface area (Å²) in [4.78, 5) is 4.86. The number of hydrogen-bond acceptors (Lipinski definition) is 3. The maximum atomic E-state index is 6.12. The molecule has 0 saturated carbocycles. The van der Waals surface area contributed by atoms with Crippen LogP contribution in [0.3, 0.4) is 0 Å². The van der Waals surface area contributed by atoms with Gasteiger partial charge in [-0.1, -0.05) is 42.0 Å². The van der Waals surface area contributed by atoms with E-state index in [1.54, 1.807) is 0 Å². The van der Waals surface area contributed by atoms with Crippen LogP contribution in [0.5, 0.6) is 0 Å². The lowest BCUT2D eigenvalue weighted by atomic mass is 10.1. The molecule has 122 valence electrons. The van der Waals surface area contributed by atoms with Gasteiger partial charge in [0, 0.05) is 23.6 Å². The largest absolute Gasteiger partial charge is 0.456 e. The summed E-state index contributed by atoms with van der Waals surface area (Å²) < 4.78 is 11.8. The van der Waals surface area contributed by atoms with Crippen molar-refractivity contribution < 1.29 is 9.15 Å². The van der Waals surface area contributed by atoms with Crippen LogP contribution in [0.2, 0.25) is 0 Å². The SMILES string of the molecule is Cc1ccc2oc(-c3ccccc3)cc(=NC[C@H]3CCCO3)c2c1. The minimum absolute atomic E-state index is 0.252. The standard InChI is InChI=1S/C21H21NO2/c1-15-9-10-20-18(12-15)19(22-14-17-8-5-11-23-17)13-21(24-20)16-6-3-2-4-7-16/h2-4,6-7,9-10,12-13,17H,5,8,11,14H2,1H3/t17-/m1/s1. The lowest BCUT2D eigenvalue weighted by molar-refractivity contribution is 0.117. The van der Waals surface area contributed by atoms with Gasteiger partial charge in [-0.2, -0.15) is 0 Å². The Balaban J connectivity index is 1.85. The number of hydrogen-bond donors (Lipinski definition) is 0. The van der Waals surface area contributed by atoms with Crippen LogP contribution in [0.1, 0.15) is 18.4 Å². The van der Waals surface area contributed by atoms with Crippen LogP contribution in [0.15, 0.2) is 64.0 Å². The molecule has 1 aromatic heterocycles. The average molecular weight is 319 g/mol. The first-order valence-corrected chi connectivity index (χ1v) is 8.52. The summed E-state index contributed by atoms with van der Waals surface area (Å²) >= 11 is 0. The van der Waals surface area contributed by atoms with Crippen molar-refractivity contribution in [2.75, 3.05) is 13.2 Å². The van der Waals surface area contributed by atoms with E-state index in [9.17, 15) is 0 Å². The number of nitrogens with zero attached hydrogens (tertiary/aromatic N) is 1. The molecule has 3 heteroatoms. The van der Waals surface area contributed by atoms with E-state index in [1.807, 2.05) is 30.3 Å². The first kappa shape index (κ1) is 15.2. The summed E-state index contributed by atoms with van der Waals surface area (Å²) in [5, 5.41) is 2.04. The maximum Gasteiger partial charge on any atom is 0.136 e. The Morgan fingerprint density at radius 3 is 2.75 bits per heavy atom. The van der Waals surface area contributed by atoms with E-state index in [0.717, 1.165) is 47.1 Å². The highest BCUT2D eigenvalue weighted by atomic mass is 16.5. The second-order valence-corrected chi connectivity index (χ2v) is 6.34. The Bertz CT molecular complexity index is 906. The lowest BCUT2D eigenvalue weighted by Crippen LogP contribution is -2.13. The van der Waals surface area contributed by atoms with Crippen LogP contribution < -0.4 is 5.36 Å². The molecule has 3 nitrogen and oxygen atoms in total. The lowest BCUT2D eigenvalue weighted by Gasteiger charge is -2.07. The van der Waals surface area contributed by atoms with E-state index in [-0.39, 0.29) is 6.10 Å². The van der Waals surface area contributed by atoms with Crippen molar-refractivity contribution in [1.82, 2.24) is 0 Å². The molecule has 2 heterocycles. The minimum Gasteiger partial charge on any atom is -0.456 e. The summed E-state index contributed by atoms with van der Waals surface area (Å²) in [5.74, 6) is 0.845. The molecule has 0 bridgehead atoms. The van der Waals surface area contributed by atoms with Gasteiger partial charge >= 0.3 is 0 Å². The maximum absolute atomic E-state index is 6.12. The minimum atomic E-state index is 0.252. The topological polar surface area (TPSA) is 34.7 Å². The third kappa shape index (κ3) is 3.13. The van der Waals surface area contributed by atoms with E-state index < -0.39 is 0 Å². The monoisotopic (exact) mass is 319 g/mol. The van der Waals surface area contributed by atoms with Crippen LogP contribution >= 0.6 is 0 Å². The normalized spacial score (nSPS) is 18.4. The van der Waals surface area contributed by atoms with E-state index >= 15 is 0 Å². The molecule has 0 unspecified atom stereocenters. The molecular formula is C21H21NO2. The van der Waals surface area contributed by atoms with Gasteiger partial charge in [0.1, 0.15) is 11.3 Å². The Morgan fingerprint density at radius 2 is 1.96 bits per heavy atom. The molecule has 1 aliphatic heterocycles. The van der Waals surface area contributed by atoms with Crippen LogP contribution in [0.25, 0.3) is 22.3 Å². The second kappa shape index (κ2) is 6.62.